The number of anilines is 2. The van der Waals surface area contributed by atoms with Crippen LogP contribution < -0.4 is 10.5 Å². The average molecular weight is 311 g/mol. The summed E-state index contributed by atoms with van der Waals surface area (Å²) in [5, 5.41) is 0.457. The largest absolute Gasteiger partial charge is 0.398 e. The van der Waals surface area contributed by atoms with E-state index < -0.39 is 10.0 Å². The van der Waals surface area contributed by atoms with Crippen molar-refractivity contribution in [1.82, 2.24) is 0 Å². The SMILES string of the molecule is Cc1cc(N)c(S(=O)(=O)Nc2cccc(Cl)c2)cc1C. The normalized spacial score (nSPS) is 11.3. The molecule has 0 saturated heterocycles. The molecule has 0 aromatic heterocycles. The Balaban J connectivity index is 2.43. The second-order valence-electron chi connectivity index (χ2n) is 4.59. The van der Waals surface area contributed by atoms with Crippen LogP contribution in [0, 0.1) is 13.8 Å². The summed E-state index contributed by atoms with van der Waals surface area (Å²) in [4.78, 5) is 0.0700. The fourth-order valence-corrected chi connectivity index (χ4v) is 3.25. The zero-order chi connectivity index (χ0) is 14.9. The van der Waals surface area contributed by atoms with Gasteiger partial charge in [-0.3, -0.25) is 4.72 Å². The molecule has 0 radical (unpaired) electrons. The van der Waals surface area contributed by atoms with E-state index >= 15 is 0 Å². The number of rotatable bonds is 3. The van der Waals surface area contributed by atoms with Crippen molar-refractivity contribution < 1.29 is 8.42 Å². The Hall–Kier alpha value is -1.72. The predicted molar refractivity (Wildman–Crippen MR) is 82.6 cm³/mol. The summed E-state index contributed by atoms with van der Waals surface area (Å²) < 4.78 is 27.2. The fourth-order valence-electron chi connectivity index (χ4n) is 1.81. The van der Waals surface area contributed by atoms with Crippen LogP contribution in [-0.2, 0) is 10.0 Å². The van der Waals surface area contributed by atoms with Gasteiger partial charge in [-0.2, -0.15) is 0 Å². The first-order chi connectivity index (χ1) is 9.29. The highest BCUT2D eigenvalue weighted by Gasteiger charge is 2.18. The minimum absolute atomic E-state index is 0.0700. The van der Waals surface area contributed by atoms with Crippen LogP contribution >= 0.6 is 11.6 Å². The van der Waals surface area contributed by atoms with Crippen LogP contribution in [0.3, 0.4) is 0 Å². The highest BCUT2D eigenvalue weighted by molar-refractivity contribution is 7.92. The van der Waals surface area contributed by atoms with Crippen molar-refractivity contribution in [3.63, 3.8) is 0 Å². The van der Waals surface area contributed by atoms with E-state index in [1.165, 1.54) is 6.07 Å². The van der Waals surface area contributed by atoms with Crippen molar-refractivity contribution in [2.75, 3.05) is 10.5 Å². The molecule has 0 bridgehead atoms. The minimum Gasteiger partial charge on any atom is -0.398 e. The molecule has 2 aromatic rings. The number of hydrogen-bond donors (Lipinski definition) is 2. The minimum atomic E-state index is -3.73. The number of nitrogens with one attached hydrogen (secondary N) is 1. The average Bonchev–Trinajstić information content (AvgIpc) is 2.33. The Bertz CT molecular complexity index is 758. The van der Waals surface area contributed by atoms with Crippen LogP contribution in [0.5, 0.6) is 0 Å². The monoisotopic (exact) mass is 310 g/mol. The van der Waals surface area contributed by atoms with Gasteiger partial charge in [0.05, 0.1) is 11.4 Å². The van der Waals surface area contributed by atoms with Crippen molar-refractivity contribution in [1.29, 1.82) is 0 Å². The molecule has 0 atom stereocenters. The number of hydrogen-bond acceptors (Lipinski definition) is 3. The van der Waals surface area contributed by atoms with Gasteiger partial charge in [0.2, 0.25) is 0 Å². The molecule has 6 heteroatoms. The molecule has 0 heterocycles. The molecular weight excluding hydrogens is 296 g/mol. The van der Waals surface area contributed by atoms with Gasteiger partial charge in [-0.05, 0) is 55.3 Å². The molecule has 0 saturated carbocycles. The summed E-state index contributed by atoms with van der Waals surface area (Å²) in [6.07, 6.45) is 0. The van der Waals surface area contributed by atoms with Crippen LogP contribution in [0.25, 0.3) is 0 Å². The second kappa shape index (κ2) is 5.34. The first-order valence-corrected chi connectivity index (χ1v) is 7.81. The molecule has 4 nitrogen and oxygen atoms in total. The van der Waals surface area contributed by atoms with E-state index in [1.54, 1.807) is 30.3 Å². The van der Waals surface area contributed by atoms with Crippen LogP contribution in [0.2, 0.25) is 5.02 Å². The Morgan fingerprint density at radius 3 is 2.40 bits per heavy atom. The van der Waals surface area contributed by atoms with Gasteiger partial charge >= 0.3 is 0 Å². The number of sulfonamides is 1. The molecule has 0 unspecified atom stereocenters. The summed E-state index contributed by atoms with van der Waals surface area (Å²) in [5.41, 5.74) is 8.25. The van der Waals surface area contributed by atoms with E-state index in [1.807, 2.05) is 13.8 Å². The number of nitrogens with two attached hydrogens (primary N) is 1. The lowest BCUT2D eigenvalue weighted by Crippen LogP contribution is -2.15. The smallest absolute Gasteiger partial charge is 0.263 e. The third-order valence-corrected chi connectivity index (χ3v) is 4.66. The third-order valence-electron chi connectivity index (χ3n) is 2.99. The van der Waals surface area contributed by atoms with Gasteiger partial charge in [-0.15, -0.1) is 0 Å². The summed E-state index contributed by atoms with van der Waals surface area (Å²) in [5.74, 6) is 0. The lowest BCUT2D eigenvalue weighted by molar-refractivity contribution is 0.601. The lowest BCUT2D eigenvalue weighted by atomic mass is 10.1. The number of benzene rings is 2. The highest BCUT2D eigenvalue weighted by atomic mass is 35.5. The predicted octanol–water partition coefficient (Wildman–Crippen LogP) is 3.34. The van der Waals surface area contributed by atoms with Crippen molar-refractivity contribution in [3.8, 4) is 0 Å². The Morgan fingerprint density at radius 2 is 1.75 bits per heavy atom. The molecule has 0 spiro atoms. The summed E-state index contributed by atoms with van der Waals surface area (Å²) >= 11 is 5.84. The van der Waals surface area contributed by atoms with Gasteiger partial charge in [0.25, 0.3) is 10.0 Å². The molecule has 0 aliphatic heterocycles. The van der Waals surface area contributed by atoms with E-state index in [2.05, 4.69) is 4.72 Å². The molecule has 0 amide bonds. The van der Waals surface area contributed by atoms with Crippen molar-refractivity contribution in [2.24, 2.45) is 0 Å². The van der Waals surface area contributed by atoms with E-state index in [-0.39, 0.29) is 10.6 Å². The maximum absolute atomic E-state index is 12.4. The summed E-state index contributed by atoms with van der Waals surface area (Å²) in [6.45, 7) is 3.72. The van der Waals surface area contributed by atoms with E-state index in [0.717, 1.165) is 11.1 Å². The Kier molecular flexibility index (Phi) is 3.92. The number of halogens is 1. The van der Waals surface area contributed by atoms with Crippen LogP contribution in [-0.4, -0.2) is 8.42 Å². The van der Waals surface area contributed by atoms with Crippen molar-refractivity contribution in [2.45, 2.75) is 18.7 Å². The molecule has 0 aliphatic carbocycles. The third kappa shape index (κ3) is 3.05. The topological polar surface area (TPSA) is 72.2 Å². The Morgan fingerprint density at radius 1 is 1.10 bits per heavy atom. The molecular formula is C14H15ClN2O2S. The standard InChI is InChI=1S/C14H15ClN2O2S/c1-9-6-13(16)14(7-10(9)2)20(18,19)17-12-5-3-4-11(15)8-12/h3-8,17H,16H2,1-2H3. The maximum Gasteiger partial charge on any atom is 0.263 e. The molecule has 2 rings (SSSR count). The van der Waals surface area contributed by atoms with Crippen LogP contribution in [0.4, 0.5) is 11.4 Å². The van der Waals surface area contributed by atoms with E-state index in [9.17, 15) is 8.42 Å². The van der Waals surface area contributed by atoms with Crippen molar-refractivity contribution >= 4 is 33.0 Å². The molecule has 2 aromatic carbocycles. The van der Waals surface area contributed by atoms with Crippen molar-refractivity contribution in [3.05, 3.63) is 52.5 Å². The van der Waals surface area contributed by atoms with Gasteiger partial charge in [-0.25, -0.2) is 8.42 Å². The van der Waals surface area contributed by atoms with Gasteiger partial charge in [-0.1, -0.05) is 17.7 Å². The van der Waals surface area contributed by atoms with Crippen LogP contribution in [0.15, 0.2) is 41.3 Å². The zero-order valence-corrected chi connectivity index (χ0v) is 12.7. The lowest BCUT2D eigenvalue weighted by Gasteiger charge is -2.12. The molecule has 106 valence electrons. The summed E-state index contributed by atoms with van der Waals surface area (Å²) in [7, 11) is -3.73. The first kappa shape index (κ1) is 14.7. The second-order valence-corrected chi connectivity index (χ2v) is 6.68. The van der Waals surface area contributed by atoms with Crippen LogP contribution in [0.1, 0.15) is 11.1 Å². The van der Waals surface area contributed by atoms with E-state index in [0.29, 0.717) is 10.7 Å². The Labute approximate surface area is 123 Å². The molecule has 0 fully saturated rings. The van der Waals surface area contributed by atoms with Gasteiger partial charge < -0.3 is 5.73 Å². The van der Waals surface area contributed by atoms with Gasteiger partial charge in [0.1, 0.15) is 4.90 Å². The summed E-state index contributed by atoms with van der Waals surface area (Å²) in [6, 6.07) is 9.73. The maximum atomic E-state index is 12.4. The molecule has 20 heavy (non-hydrogen) atoms. The molecule has 3 N–H and O–H groups in total. The zero-order valence-electron chi connectivity index (χ0n) is 11.1. The van der Waals surface area contributed by atoms with E-state index in [4.69, 9.17) is 17.3 Å². The first-order valence-electron chi connectivity index (χ1n) is 5.95. The number of aryl methyl sites for hydroxylation is 2. The molecule has 0 aliphatic rings. The fraction of sp³-hybridized carbons (Fsp3) is 0.143. The quantitative estimate of drug-likeness (QED) is 0.854. The number of nitrogen functional groups attached to an aromatic ring is 1. The van der Waals surface area contributed by atoms with Gasteiger partial charge in [0, 0.05) is 5.02 Å². The van der Waals surface area contributed by atoms with Gasteiger partial charge in [0.15, 0.2) is 0 Å². The highest BCUT2D eigenvalue weighted by Crippen LogP contribution is 2.25.